The minimum absolute atomic E-state index is 0.590. The van der Waals surface area contributed by atoms with Crippen LogP contribution in [0.5, 0.6) is 5.75 Å². The SMILES string of the molecule is O=Cc1cnc(NCCCOc2ccccc2)c(I)c1. The van der Waals surface area contributed by atoms with Gasteiger partial charge in [0.05, 0.1) is 10.2 Å². The summed E-state index contributed by atoms with van der Waals surface area (Å²) in [5.74, 6) is 1.69. The van der Waals surface area contributed by atoms with E-state index >= 15 is 0 Å². The summed E-state index contributed by atoms with van der Waals surface area (Å²) < 4.78 is 6.54. The second-order valence-electron chi connectivity index (χ2n) is 4.16. The lowest BCUT2D eigenvalue weighted by atomic mass is 10.3. The quantitative estimate of drug-likeness (QED) is 0.453. The number of benzene rings is 1. The molecule has 5 heteroatoms. The number of nitrogens with zero attached hydrogens (tertiary/aromatic N) is 1. The number of aldehydes is 1. The van der Waals surface area contributed by atoms with Crippen molar-refractivity contribution in [3.05, 3.63) is 51.7 Å². The van der Waals surface area contributed by atoms with Gasteiger partial charge in [-0.25, -0.2) is 4.98 Å². The summed E-state index contributed by atoms with van der Waals surface area (Å²) in [6.45, 7) is 1.43. The van der Waals surface area contributed by atoms with E-state index in [-0.39, 0.29) is 0 Å². The maximum absolute atomic E-state index is 10.6. The maximum Gasteiger partial charge on any atom is 0.151 e. The van der Waals surface area contributed by atoms with Crippen LogP contribution < -0.4 is 10.1 Å². The molecule has 0 atom stereocenters. The van der Waals surface area contributed by atoms with Crippen LogP contribution in [0.15, 0.2) is 42.6 Å². The van der Waals surface area contributed by atoms with E-state index in [1.54, 1.807) is 6.20 Å². The van der Waals surface area contributed by atoms with Gasteiger partial charge in [-0.05, 0) is 47.2 Å². The Kier molecular flexibility index (Phi) is 5.79. The number of carbonyl (C=O) groups excluding carboxylic acids is 1. The summed E-state index contributed by atoms with van der Waals surface area (Å²) in [4.78, 5) is 14.8. The molecule has 0 fully saturated rings. The van der Waals surface area contributed by atoms with Crippen LogP contribution in [0.1, 0.15) is 16.8 Å². The molecule has 0 aliphatic rings. The molecule has 0 aliphatic carbocycles. The first-order valence-electron chi connectivity index (χ1n) is 6.32. The third kappa shape index (κ3) is 4.48. The molecule has 0 amide bonds. The summed E-state index contributed by atoms with van der Waals surface area (Å²) in [6.07, 6.45) is 3.24. The summed E-state index contributed by atoms with van der Waals surface area (Å²) >= 11 is 2.16. The summed E-state index contributed by atoms with van der Waals surface area (Å²) in [7, 11) is 0. The Morgan fingerprint density at radius 3 is 2.80 bits per heavy atom. The van der Waals surface area contributed by atoms with E-state index in [2.05, 4.69) is 32.9 Å². The van der Waals surface area contributed by atoms with Gasteiger partial charge in [0.25, 0.3) is 0 Å². The van der Waals surface area contributed by atoms with Crippen LogP contribution in [-0.2, 0) is 0 Å². The van der Waals surface area contributed by atoms with Crippen LogP contribution in [0.4, 0.5) is 5.82 Å². The van der Waals surface area contributed by atoms with Gasteiger partial charge in [0.1, 0.15) is 11.6 Å². The van der Waals surface area contributed by atoms with Crippen molar-refractivity contribution in [1.29, 1.82) is 0 Å². The first-order chi connectivity index (χ1) is 9.79. The number of rotatable bonds is 7. The van der Waals surface area contributed by atoms with Crippen molar-refractivity contribution >= 4 is 34.7 Å². The lowest BCUT2D eigenvalue weighted by molar-refractivity contribution is 0.112. The smallest absolute Gasteiger partial charge is 0.151 e. The molecule has 0 aliphatic heterocycles. The molecule has 1 aromatic heterocycles. The number of nitrogens with one attached hydrogen (secondary N) is 1. The van der Waals surface area contributed by atoms with Gasteiger partial charge in [-0.3, -0.25) is 4.79 Å². The third-order valence-corrected chi connectivity index (χ3v) is 3.45. The molecule has 1 aromatic carbocycles. The van der Waals surface area contributed by atoms with Gasteiger partial charge in [-0.1, -0.05) is 18.2 Å². The Hall–Kier alpha value is -1.63. The van der Waals surface area contributed by atoms with E-state index in [9.17, 15) is 4.79 Å². The van der Waals surface area contributed by atoms with Crippen molar-refractivity contribution in [3.63, 3.8) is 0 Å². The van der Waals surface area contributed by atoms with Crippen LogP contribution in [0.3, 0.4) is 0 Å². The van der Waals surface area contributed by atoms with Gasteiger partial charge in [0.2, 0.25) is 0 Å². The fourth-order valence-electron chi connectivity index (χ4n) is 1.63. The molecule has 0 spiro atoms. The monoisotopic (exact) mass is 382 g/mol. The van der Waals surface area contributed by atoms with E-state index in [1.807, 2.05) is 36.4 Å². The molecule has 0 saturated carbocycles. The van der Waals surface area contributed by atoms with Gasteiger partial charge in [0.15, 0.2) is 6.29 Å². The van der Waals surface area contributed by atoms with Gasteiger partial charge >= 0.3 is 0 Å². The number of pyridine rings is 1. The molecular weight excluding hydrogens is 367 g/mol. The summed E-state index contributed by atoms with van der Waals surface area (Å²) in [6, 6.07) is 11.6. The average molecular weight is 382 g/mol. The zero-order valence-electron chi connectivity index (χ0n) is 10.9. The van der Waals surface area contributed by atoms with Crippen molar-refractivity contribution < 1.29 is 9.53 Å². The van der Waals surface area contributed by atoms with Crippen LogP contribution in [0, 0.1) is 3.57 Å². The normalized spacial score (nSPS) is 10.1. The molecule has 1 N–H and O–H groups in total. The molecule has 0 bridgehead atoms. The summed E-state index contributed by atoms with van der Waals surface area (Å²) in [5.41, 5.74) is 0.590. The van der Waals surface area contributed by atoms with E-state index in [0.717, 1.165) is 34.4 Å². The topological polar surface area (TPSA) is 51.2 Å². The predicted molar refractivity (Wildman–Crippen MR) is 87.4 cm³/mol. The van der Waals surface area contributed by atoms with Crippen LogP contribution in [-0.4, -0.2) is 24.4 Å². The first-order valence-corrected chi connectivity index (χ1v) is 7.40. The highest BCUT2D eigenvalue weighted by Crippen LogP contribution is 2.15. The van der Waals surface area contributed by atoms with Gasteiger partial charge in [-0.2, -0.15) is 0 Å². The van der Waals surface area contributed by atoms with Crippen LogP contribution >= 0.6 is 22.6 Å². The number of halogens is 1. The molecule has 0 saturated heterocycles. The van der Waals surface area contributed by atoms with E-state index < -0.39 is 0 Å². The lowest BCUT2D eigenvalue weighted by Gasteiger charge is -2.09. The number of ether oxygens (including phenoxy) is 1. The molecular formula is C15H15IN2O2. The highest BCUT2D eigenvalue weighted by Gasteiger charge is 2.02. The second-order valence-corrected chi connectivity index (χ2v) is 5.32. The summed E-state index contributed by atoms with van der Waals surface area (Å²) in [5, 5.41) is 3.24. The van der Waals surface area contributed by atoms with Gasteiger partial charge < -0.3 is 10.1 Å². The largest absolute Gasteiger partial charge is 0.494 e. The average Bonchev–Trinajstić information content (AvgIpc) is 2.49. The van der Waals surface area contributed by atoms with Crippen molar-refractivity contribution in [1.82, 2.24) is 4.98 Å². The predicted octanol–water partition coefficient (Wildman–Crippen LogP) is 3.38. The van der Waals surface area contributed by atoms with Gasteiger partial charge in [-0.15, -0.1) is 0 Å². The molecule has 2 aromatic rings. The molecule has 2 rings (SSSR count). The van der Waals surface area contributed by atoms with Crippen molar-refractivity contribution in [2.45, 2.75) is 6.42 Å². The second kappa shape index (κ2) is 7.84. The first kappa shape index (κ1) is 14.8. The van der Waals surface area contributed by atoms with Gasteiger partial charge in [0, 0.05) is 18.3 Å². The molecule has 0 radical (unpaired) electrons. The van der Waals surface area contributed by atoms with E-state index in [0.29, 0.717) is 12.2 Å². The van der Waals surface area contributed by atoms with E-state index in [1.165, 1.54) is 0 Å². The number of aromatic nitrogens is 1. The number of anilines is 1. The number of hydrogen-bond donors (Lipinski definition) is 1. The number of para-hydroxylation sites is 1. The molecule has 104 valence electrons. The van der Waals surface area contributed by atoms with Crippen LogP contribution in [0.25, 0.3) is 0 Å². The highest BCUT2D eigenvalue weighted by atomic mass is 127. The minimum Gasteiger partial charge on any atom is -0.494 e. The third-order valence-electron chi connectivity index (χ3n) is 2.62. The number of hydrogen-bond acceptors (Lipinski definition) is 4. The Bertz CT molecular complexity index is 561. The highest BCUT2D eigenvalue weighted by molar-refractivity contribution is 14.1. The standard InChI is InChI=1S/C15H15IN2O2/c16-14-9-12(11-19)10-18-15(14)17-7-4-8-20-13-5-2-1-3-6-13/h1-3,5-6,9-11H,4,7-8H2,(H,17,18). The molecule has 0 unspecified atom stereocenters. The zero-order valence-corrected chi connectivity index (χ0v) is 13.0. The number of carbonyl (C=O) groups is 1. The fraction of sp³-hybridized carbons (Fsp3) is 0.200. The van der Waals surface area contributed by atoms with E-state index in [4.69, 9.17) is 4.74 Å². The fourth-order valence-corrected chi connectivity index (χ4v) is 2.32. The Balaban J connectivity index is 1.72. The maximum atomic E-state index is 10.6. The van der Waals surface area contributed by atoms with Crippen molar-refractivity contribution in [2.24, 2.45) is 0 Å². The molecule has 20 heavy (non-hydrogen) atoms. The van der Waals surface area contributed by atoms with Crippen molar-refractivity contribution in [2.75, 3.05) is 18.5 Å². The van der Waals surface area contributed by atoms with Crippen LogP contribution in [0.2, 0.25) is 0 Å². The minimum atomic E-state index is 0.590. The Morgan fingerprint density at radius 1 is 1.30 bits per heavy atom. The zero-order chi connectivity index (χ0) is 14.2. The molecule has 4 nitrogen and oxygen atoms in total. The lowest BCUT2D eigenvalue weighted by Crippen LogP contribution is -2.09. The molecule has 1 heterocycles. The van der Waals surface area contributed by atoms with Crippen molar-refractivity contribution in [3.8, 4) is 5.75 Å². The Morgan fingerprint density at radius 2 is 2.10 bits per heavy atom. The Labute approximate surface area is 131 Å².